The molecule has 3 N–H and O–H groups in total. The predicted octanol–water partition coefficient (Wildman–Crippen LogP) is 3.71. The summed E-state index contributed by atoms with van der Waals surface area (Å²) in [5.41, 5.74) is 2.78. The van der Waals surface area contributed by atoms with Gasteiger partial charge in [0.05, 0.1) is 5.75 Å². The molecule has 0 saturated carbocycles. The number of phenols is 1. The van der Waals surface area contributed by atoms with Crippen molar-refractivity contribution in [2.45, 2.75) is 5.16 Å². The van der Waals surface area contributed by atoms with Crippen LogP contribution in [0.1, 0.15) is 0 Å². The number of H-pyrrole nitrogens is 1. The van der Waals surface area contributed by atoms with E-state index in [4.69, 9.17) is 0 Å². The molecule has 4 aromatic rings. The second-order valence-electron chi connectivity index (χ2n) is 5.49. The summed E-state index contributed by atoms with van der Waals surface area (Å²) in [6.07, 6.45) is 0. The van der Waals surface area contributed by atoms with E-state index >= 15 is 0 Å². The highest BCUT2D eigenvalue weighted by Crippen LogP contribution is 2.26. The number of fused-ring (bicyclic) bond motifs is 3. The monoisotopic (exact) mass is 429 g/mol. The molecule has 130 valence electrons. The molecule has 0 fully saturated rings. The molecule has 9 heteroatoms. The topological polar surface area (TPSA) is 104 Å². The number of benzene rings is 2. The van der Waals surface area contributed by atoms with Crippen LogP contribution < -0.4 is 5.32 Å². The summed E-state index contributed by atoms with van der Waals surface area (Å²) in [7, 11) is 0. The Kier molecular flexibility index (Phi) is 4.48. The van der Waals surface area contributed by atoms with E-state index in [1.165, 1.54) is 23.9 Å². The Morgan fingerprint density at radius 2 is 2.12 bits per heavy atom. The number of anilines is 1. The van der Waals surface area contributed by atoms with Crippen LogP contribution in [-0.2, 0) is 4.79 Å². The van der Waals surface area contributed by atoms with Gasteiger partial charge in [-0.3, -0.25) is 4.79 Å². The highest BCUT2D eigenvalue weighted by molar-refractivity contribution is 9.10. The van der Waals surface area contributed by atoms with Crippen LogP contribution in [0.4, 0.5) is 5.69 Å². The zero-order valence-corrected chi connectivity index (χ0v) is 15.6. The lowest BCUT2D eigenvalue weighted by Gasteiger charge is -2.04. The van der Waals surface area contributed by atoms with E-state index in [9.17, 15) is 9.90 Å². The summed E-state index contributed by atoms with van der Waals surface area (Å²) in [5, 5.41) is 21.8. The summed E-state index contributed by atoms with van der Waals surface area (Å²) in [4.78, 5) is 19.7. The SMILES string of the molecule is O=C(CSc1nnc2c(n1)[nH]c1ccc(Br)cc12)Nc1cccc(O)c1. The van der Waals surface area contributed by atoms with Gasteiger partial charge in [-0.15, -0.1) is 10.2 Å². The van der Waals surface area contributed by atoms with Gasteiger partial charge >= 0.3 is 0 Å². The van der Waals surface area contributed by atoms with Gasteiger partial charge in [0.15, 0.2) is 5.65 Å². The van der Waals surface area contributed by atoms with Crippen molar-refractivity contribution in [1.82, 2.24) is 20.2 Å². The van der Waals surface area contributed by atoms with Crippen LogP contribution in [0.2, 0.25) is 0 Å². The molecule has 0 bridgehead atoms. The van der Waals surface area contributed by atoms with Gasteiger partial charge in [-0.05, 0) is 30.3 Å². The zero-order chi connectivity index (χ0) is 18.1. The maximum Gasteiger partial charge on any atom is 0.234 e. The minimum absolute atomic E-state index is 0.0962. The Labute approximate surface area is 160 Å². The summed E-state index contributed by atoms with van der Waals surface area (Å²) < 4.78 is 0.953. The van der Waals surface area contributed by atoms with Crippen molar-refractivity contribution in [1.29, 1.82) is 0 Å². The van der Waals surface area contributed by atoms with Gasteiger partial charge in [-0.25, -0.2) is 4.98 Å². The van der Waals surface area contributed by atoms with E-state index in [-0.39, 0.29) is 17.4 Å². The van der Waals surface area contributed by atoms with Gasteiger partial charge in [0.1, 0.15) is 11.3 Å². The van der Waals surface area contributed by atoms with Crippen molar-refractivity contribution in [2.24, 2.45) is 0 Å². The first kappa shape index (κ1) is 16.8. The molecule has 7 nitrogen and oxygen atoms in total. The lowest BCUT2D eigenvalue weighted by Crippen LogP contribution is -2.14. The fourth-order valence-electron chi connectivity index (χ4n) is 2.50. The van der Waals surface area contributed by atoms with Crippen molar-refractivity contribution < 1.29 is 9.90 Å². The number of thioether (sulfide) groups is 1. The van der Waals surface area contributed by atoms with Crippen molar-refractivity contribution >= 4 is 61.4 Å². The first-order valence-corrected chi connectivity index (χ1v) is 9.40. The van der Waals surface area contributed by atoms with Crippen molar-refractivity contribution in [3.05, 3.63) is 46.9 Å². The Morgan fingerprint density at radius 3 is 2.96 bits per heavy atom. The molecule has 2 aromatic heterocycles. The number of hydrogen-bond donors (Lipinski definition) is 3. The number of aromatic hydroxyl groups is 1. The molecule has 0 spiro atoms. The predicted molar refractivity (Wildman–Crippen MR) is 104 cm³/mol. The molecule has 0 atom stereocenters. The van der Waals surface area contributed by atoms with Gasteiger partial charge in [0, 0.05) is 27.1 Å². The minimum Gasteiger partial charge on any atom is -0.508 e. The fraction of sp³-hybridized carbons (Fsp3) is 0.0588. The molecule has 2 aromatic carbocycles. The van der Waals surface area contributed by atoms with Gasteiger partial charge in [0.25, 0.3) is 0 Å². The summed E-state index contributed by atoms with van der Waals surface area (Å²) in [5.74, 6) is 0.0120. The Morgan fingerprint density at radius 1 is 1.23 bits per heavy atom. The van der Waals surface area contributed by atoms with E-state index in [0.717, 1.165) is 15.4 Å². The third kappa shape index (κ3) is 3.49. The van der Waals surface area contributed by atoms with Crippen LogP contribution in [0.25, 0.3) is 22.1 Å². The number of halogens is 1. The third-order valence-electron chi connectivity index (χ3n) is 3.62. The lowest BCUT2D eigenvalue weighted by atomic mass is 10.2. The molecule has 0 radical (unpaired) electrons. The average molecular weight is 430 g/mol. The molecule has 0 saturated heterocycles. The van der Waals surface area contributed by atoms with Crippen LogP contribution in [0.3, 0.4) is 0 Å². The maximum atomic E-state index is 12.0. The minimum atomic E-state index is -0.218. The van der Waals surface area contributed by atoms with E-state index < -0.39 is 0 Å². The number of amides is 1. The summed E-state index contributed by atoms with van der Waals surface area (Å²) in [6, 6.07) is 12.2. The third-order valence-corrected chi connectivity index (χ3v) is 4.95. The normalized spacial score (nSPS) is 11.1. The van der Waals surface area contributed by atoms with Crippen molar-refractivity contribution in [3.8, 4) is 5.75 Å². The Balaban J connectivity index is 1.48. The smallest absolute Gasteiger partial charge is 0.234 e. The van der Waals surface area contributed by atoms with Gasteiger partial charge in [-0.2, -0.15) is 0 Å². The van der Waals surface area contributed by atoms with Crippen molar-refractivity contribution in [3.63, 3.8) is 0 Å². The number of hydrogen-bond acceptors (Lipinski definition) is 6. The number of rotatable bonds is 4. The van der Waals surface area contributed by atoms with Crippen LogP contribution in [0.5, 0.6) is 5.75 Å². The van der Waals surface area contributed by atoms with Crippen LogP contribution >= 0.6 is 27.7 Å². The van der Waals surface area contributed by atoms with E-state index in [2.05, 4.69) is 41.4 Å². The van der Waals surface area contributed by atoms with Gasteiger partial charge in [-0.1, -0.05) is 33.8 Å². The number of phenolic OH excluding ortho intramolecular Hbond substituents is 1. The number of aromatic amines is 1. The molecule has 1 amide bonds. The molecule has 4 rings (SSSR count). The van der Waals surface area contributed by atoms with Crippen LogP contribution in [0.15, 0.2) is 52.1 Å². The molecule has 26 heavy (non-hydrogen) atoms. The number of nitrogens with one attached hydrogen (secondary N) is 2. The molecular weight excluding hydrogens is 418 g/mol. The molecule has 0 aliphatic rings. The first-order chi connectivity index (χ1) is 12.6. The molecule has 0 aliphatic heterocycles. The van der Waals surface area contributed by atoms with E-state index in [1.807, 2.05) is 18.2 Å². The number of carbonyl (C=O) groups is 1. The van der Waals surface area contributed by atoms with E-state index in [0.29, 0.717) is 22.0 Å². The van der Waals surface area contributed by atoms with Crippen LogP contribution in [0, 0.1) is 0 Å². The second-order valence-corrected chi connectivity index (χ2v) is 7.35. The lowest BCUT2D eigenvalue weighted by molar-refractivity contribution is -0.113. The maximum absolute atomic E-state index is 12.0. The summed E-state index contributed by atoms with van der Waals surface area (Å²) >= 11 is 4.63. The zero-order valence-electron chi connectivity index (χ0n) is 13.2. The van der Waals surface area contributed by atoms with Crippen LogP contribution in [-0.4, -0.2) is 36.9 Å². The summed E-state index contributed by atoms with van der Waals surface area (Å²) in [6.45, 7) is 0. The van der Waals surface area contributed by atoms with Gasteiger partial charge in [0.2, 0.25) is 11.1 Å². The fourth-order valence-corrected chi connectivity index (χ4v) is 3.45. The highest BCUT2D eigenvalue weighted by Gasteiger charge is 2.11. The average Bonchev–Trinajstić information content (AvgIpc) is 2.97. The molecule has 0 unspecified atom stereocenters. The number of aromatic nitrogens is 4. The highest BCUT2D eigenvalue weighted by atomic mass is 79.9. The Hall–Kier alpha value is -2.65. The largest absolute Gasteiger partial charge is 0.508 e. The first-order valence-electron chi connectivity index (χ1n) is 7.62. The van der Waals surface area contributed by atoms with Crippen molar-refractivity contribution in [2.75, 3.05) is 11.1 Å². The van der Waals surface area contributed by atoms with Gasteiger partial charge < -0.3 is 15.4 Å². The number of nitrogens with zero attached hydrogens (tertiary/aromatic N) is 3. The number of carbonyl (C=O) groups excluding carboxylic acids is 1. The second kappa shape index (κ2) is 6.93. The Bertz CT molecular complexity index is 1130. The molecule has 0 aliphatic carbocycles. The standard InChI is InChI=1S/C17H12BrN5O2S/c18-9-4-5-13-12(6-9)15-16(20-13)21-17(23-22-15)26-8-14(25)19-10-2-1-3-11(24)7-10/h1-7,24H,8H2,(H,19,25)(H,20,21,23). The molecular formula is C17H12BrN5O2S. The van der Waals surface area contributed by atoms with E-state index in [1.54, 1.807) is 12.1 Å². The molecule has 2 heterocycles. The quantitative estimate of drug-likeness (QED) is 0.427.